The van der Waals surface area contributed by atoms with Crippen LogP contribution < -0.4 is 10.1 Å². The molecule has 0 saturated carbocycles. The van der Waals surface area contributed by atoms with Crippen LogP contribution in [0.3, 0.4) is 0 Å². The summed E-state index contributed by atoms with van der Waals surface area (Å²) in [5, 5.41) is 11.3. The van der Waals surface area contributed by atoms with Gasteiger partial charge in [0.2, 0.25) is 0 Å². The quantitative estimate of drug-likeness (QED) is 0.675. The lowest BCUT2D eigenvalue weighted by molar-refractivity contribution is 0.0612. The zero-order valence-electron chi connectivity index (χ0n) is 15.5. The Hall–Kier alpha value is -3.17. The zero-order chi connectivity index (χ0) is 19.6. The third kappa shape index (κ3) is 3.62. The Morgan fingerprint density at radius 1 is 1.14 bits per heavy atom. The lowest BCUT2D eigenvalue weighted by atomic mass is 10.1. The van der Waals surface area contributed by atoms with Crippen molar-refractivity contribution in [3.05, 3.63) is 66.4 Å². The van der Waals surface area contributed by atoms with Gasteiger partial charge in [0, 0.05) is 0 Å². The summed E-state index contributed by atoms with van der Waals surface area (Å²) in [5.74, 6) is 0.764. The molecule has 4 atom stereocenters. The molecule has 9 heteroatoms. The van der Waals surface area contributed by atoms with E-state index < -0.39 is 0 Å². The van der Waals surface area contributed by atoms with E-state index in [0.717, 1.165) is 11.4 Å². The standard InChI is InChI=1S/C20H20N4O5/c25-20(17-7-4-8-26-17)21-15-11-28-19-16(12-29-18(15)19)24-9-13(22-23-24)10-27-14-5-2-1-3-6-14/h1-9,15-16,18-19H,10-12H2,(H,21,25)/t15-,16-,18+,19+/m0/s1. The van der Waals surface area contributed by atoms with Gasteiger partial charge in [0.15, 0.2) is 5.76 Å². The fourth-order valence-electron chi connectivity index (χ4n) is 3.69. The highest BCUT2D eigenvalue weighted by Gasteiger charge is 2.49. The van der Waals surface area contributed by atoms with Crippen molar-refractivity contribution >= 4 is 5.91 Å². The largest absolute Gasteiger partial charge is 0.487 e. The molecule has 150 valence electrons. The van der Waals surface area contributed by atoms with Gasteiger partial charge < -0.3 is 23.9 Å². The highest BCUT2D eigenvalue weighted by Crippen LogP contribution is 2.34. The number of furan rings is 1. The van der Waals surface area contributed by atoms with Crippen LogP contribution in [0.1, 0.15) is 22.3 Å². The molecule has 9 nitrogen and oxygen atoms in total. The Bertz CT molecular complexity index is 958. The van der Waals surface area contributed by atoms with E-state index in [2.05, 4.69) is 15.6 Å². The van der Waals surface area contributed by atoms with Crippen LogP contribution in [0.5, 0.6) is 5.75 Å². The van der Waals surface area contributed by atoms with Crippen LogP contribution in [0.2, 0.25) is 0 Å². The second kappa shape index (κ2) is 7.69. The Balaban J connectivity index is 1.20. The summed E-state index contributed by atoms with van der Waals surface area (Å²) in [6.45, 7) is 1.14. The molecule has 29 heavy (non-hydrogen) atoms. The summed E-state index contributed by atoms with van der Waals surface area (Å²) in [7, 11) is 0. The van der Waals surface area contributed by atoms with Crippen molar-refractivity contribution in [2.24, 2.45) is 0 Å². The summed E-state index contributed by atoms with van der Waals surface area (Å²) in [6, 6.07) is 12.5. The number of carbonyl (C=O) groups is 1. The summed E-state index contributed by atoms with van der Waals surface area (Å²) in [4.78, 5) is 12.2. The molecule has 2 saturated heterocycles. The number of rotatable bonds is 6. The van der Waals surface area contributed by atoms with Gasteiger partial charge in [-0.15, -0.1) is 5.10 Å². The predicted molar refractivity (Wildman–Crippen MR) is 99.3 cm³/mol. The van der Waals surface area contributed by atoms with Crippen molar-refractivity contribution in [3.63, 3.8) is 0 Å². The Morgan fingerprint density at radius 2 is 2.00 bits per heavy atom. The molecule has 5 rings (SSSR count). The maximum absolute atomic E-state index is 12.2. The average Bonchev–Trinajstić information content (AvgIpc) is 3.52. The van der Waals surface area contributed by atoms with E-state index in [0.29, 0.717) is 19.8 Å². The molecule has 2 fully saturated rings. The van der Waals surface area contributed by atoms with Gasteiger partial charge in [-0.1, -0.05) is 23.4 Å². The number of fused-ring (bicyclic) bond motifs is 1. The van der Waals surface area contributed by atoms with E-state index in [1.165, 1.54) is 6.26 Å². The minimum atomic E-state index is -0.280. The maximum atomic E-state index is 12.2. The second-order valence-electron chi connectivity index (χ2n) is 7.01. The summed E-state index contributed by atoms with van der Waals surface area (Å²) < 4.78 is 24.5. The minimum absolute atomic E-state index is 0.108. The number of benzene rings is 1. The van der Waals surface area contributed by atoms with Gasteiger partial charge in [-0.2, -0.15) is 0 Å². The van der Waals surface area contributed by atoms with Gasteiger partial charge in [0.05, 0.1) is 31.7 Å². The third-order valence-electron chi connectivity index (χ3n) is 5.12. The summed E-state index contributed by atoms with van der Waals surface area (Å²) in [6.07, 6.45) is 2.86. The molecule has 0 aliphatic carbocycles. The molecule has 0 spiro atoms. The number of ether oxygens (including phenoxy) is 3. The predicted octanol–water partition coefficient (Wildman–Crippen LogP) is 1.59. The smallest absolute Gasteiger partial charge is 0.287 e. The minimum Gasteiger partial charge on any atom is -0.487 e. The molecule has 3 aromatic rings. The first-order valence-corrected chi connectivity index (χ1v) is 9.44. The summed E-state index contributed by atoms with van der Waals surface area (Å²) in [5.41, 5.74) is 0.720. The van der Waals surface area contributed by atoms with Gasteiger partial charge in [0.1, 0.15) is 36.3 Å². The molecule has 1 N–H and O–H groups in total. The van der Waals surface area contributed by atoms with E-state index in [4.69, 9.17) is 18.6 Å². The number of nitrogens with one attached hydrogen (secondary N) is 1. The zero-order valence-corrected chi connectivity index (χ0v) is 15.5. The fraction of sp³-hybridized carbons (Fsp3) is 0.350. The molecule has 0 bridgehead atoms. The molecule has 2 aliphatic heterocycles. The van der Waals surface area contributed by atoms with E-state index in [9.17, 15) is 4.79 Å². The molecular formula is C20H20N4O5. The van der Waals surface area contributed by atoms with Gasteiger partial charge >= 0.3 is 0 Å². The van der Waals surface area contributed by atoms with E-state index >= 15 is 0 Å². The second-order valence-corrected chi connectivity index (χ2v) is 7.01. The SMILES string of the molecule is O=C(N[C@H]1CO[C@H]2[C@@H]1OC[C@@H]2n1cc(COc2ccccc2)nn1)c1ccco1. The molecule has 4 heterocycles. The molecule has 1 amide bonds. The van der Waals surface area contributed by atoms with Crippen LogP contribution in [-0.2, 0) is 16.1 Å². The van der Waals surface area contributed by atoms with Gasteiger partial charge in [0.25, 0.3) is 5.91 Å². The van der Waals surface area contributed by atoms with Crippen LogP contribution in [0, 0.1) is 0 Å². The highest BCUT2D eigenvalue weighted by atomic mass is 16.6. The van der Waals surface area contributed by atoms with Crippen molar-refractivity contribution in [3.8, 4) is 5.75 Å². The lowest BCUT2D eigenvalue weighted by Gasteiger charge is -2.17. The van der Waals surface area contributed by atoms with Crippen LogP contribution >= 0.6 is 0 Å². The van der Waals surface area contributed by atoms with Crippen molar-refractivity contribution in [1.82, 2.24) is 20.3 Å². The molecule has 1 aromatic carbocycles. The van der Waals surface area contributed by atoms with Crippen molar-refractivity contribution < 1.29 is 23.4 Å². The maximum Gasteiger partial charge on any atom is 0.287 e. The number of hydrogen-bond donors (Lipinski definition) is 1. The monoisotopic (exact) mass is 396 g/mol. The van der Waals surface area contributed by atoms with E-state index in [-0.39, 0.29) is 36.0 Å². The number of nitrogens with zero attached hydrogens (tertiary/aromatic N) is 3. The Morgan fingerprint density at radius 3 is 2.83 bits per heavy atom. The topological polar surface area (TPSA) is 101 Å². The van der Waals surface area contributed by atoms with Crippen LogP contribution in [-0.4, -0.2) is 52.4 Å². The van der Waals surface area contributed by atoms with Gasteiger partial charge in [-0.3, -0.25) is 4.79 Å². The van der Waals surface area contributed by atoms with Crippen LogP contribution in [0.15, 0.2) is 59.3 Å². The molecule has 2 aliphatic rings. The summed E-state index contributed by atoms with van der Waals surface area (Å²) >= 11 is 0. The number of amides is 1. The third-order valence-corrected chi connectivity index (χ3v) is 5.12. The van der Waals surface area contributed by atoms with Gasteiger partial charge in [-0.25, -0.2) is 4.68 Å². The van der Waals surface area contributed by atoms with E-state index in [1.807, 2.05) is 36.5 Å². The Labute approximate surface area is 166 Å². The highest BCUT2D eigenvalue weighted by molar-refractivity contribution is 5.91. The van der Waals surface area contributed by atoms with Crippen molar-refractivity contribution in [2.75, 3.05) is 13.2 Å². The number of aromatic nitrogens is 3. The average molecular weight is 396 g/mol. The van der Waals surface area contributed by atoms with Crippen LogP contribution in [0.25, 0.3) is 0 Å². The van der Waals surface area contributed by atoms with Crippen LogP contribution in [0.4, 0.5) is 0 Å². The fourth-order valence-corrected chi connectivity index (χ4v) is 3.69. The first kappa shape index (κ1) is 17.9. The van der Waals surface area contributed by atoms with Gasteiger partial charge in [-0.05, 0) is 24.3 Å². The van der Waals surface area contributed by atoms with E-state index in [1.54, 1.807) is 16.8 Å². The first-order chi connectivity index (χ1) is 14.3. The Kier molecular flexibility index (Phi) is 4.74. The van der Waals surface area contributed by atoms with Crippen molar-refractivity contribution in [2.45, 2.75) is 30.9 Å². The molecular weight excluding hydrogens is 376 g/mol. The first-order valence-electron chi connectivity index (χ1n) is 9.44. The van der Waals surface area contributed by atoms with Crippen molar-refractivity contribution in [1.29, 1.82) is 0 Å². The lowest BCUT2D eigenvalue weighted by Crippen LogP contribution is -2.44. The number of hydrogen-bond acceptors (Lipinski definition) is 7. The number of para-hydroxylation sites is 1. The molecule has 0 radical (unpaired) electrons. The normalized spacial score (nSPS) is 25.7. The molecule has 0 unspecified atom stereocenters. The molecule has 2 aromatic heterocycles. The number of carbonyl (C=O) groups excluding carboxylic acids is 1.